The number of nitrogens with two attached hydrogens (primary N) is 1. The predicted molar refractivity (Wildman–Crippen MR) is 75.2 cm³/mol. The fraction of sp³-hybridized carbons (Fsp3) is 0.533. The summed E-state index contributed by atoms with van der Waals surface area (Å²) in [5, 5.41) is 3.01. The molecule has 0 spiro atoms. The van der Waals surface area contributed by atoms with Crippen molar-refractivity contribution in [1.29, 1.82) is 0 Å². The summed E-state index contributed by atoms with van der Waals surface area (Å²) in [6, 6.07) is 8.11. The second-order valence-corrected chi connectivity index (χ2v) is 4.90. The summed E-state index contributed by atoms with van der Waals surface area (Å²) in [7, 11) is 0. The van der Waals surface area contributed by atoms with Gasteiger partial charge in [0.05, 0.1) is 6.04 Å². The minimum atomic E-state index is -0.0286. The molecule has 0 aromatic heterocycles. The molecule has 2 atom stereocenters. The third kappa shape index (κ3) is 4.49. The molecule has 0 radical (unpaired) electrons. The summed E-state index contributed by atoms with van der Waals surface area (Å²) in [5.74, 6) is 0.0340. The van der Waals surface area contributed by atoms with Gasteiger partial charge in [-0.25, -0.2) is 0 Å². The van der Waals surface area contributed by atoms with E-state index in [1.165, 1.54) is 5.56 Å². The SMILES string of the molecule is CCCC(N)CC(=O)N[C@@H](C)c1ccccc1C. The van der Waals surface area contributed by atoms with Crippen molar-refractivity contribution < 1.29 is 4.79 Å². The molecule has 18 heavy (non-hydrogen) atoms. The van der Waals surface area contributed by atoms with Gasteiger partial charge in [-0.1, -0.05) is 37.6 Å². The van der Waals surface area contributed by atoms with Crippen LogP contribution in [0, 0.1) is 6.92 Å². The number of hydrogen-bond acceptors (Lipinski definition) is 2. The molecule has 1 aromatic rings. The van der Waals surface area contributed by atoms with E-state index in [2.05, 4.69) is 25.2 Å². The summed E-state index contributed by atoms with van der Waals surface area (Å²) in [6.07, 6.45) is 2.32. The Morgan fingerprint density at radius 3 is 2.67 bits per heavy atom. The fourth-order valence-electron chi connectivity index (χ4n) is 2.16. The highest BCUT2D eigenvalue weighted by atomic mass is 16.1. The fourth-order valence-corrected chi connectivity index (χ4v) is 2.16. The summed E-state index contributed by atoms with van der Waals surface area (Å²) >= 11 is 0. The van der Waals surface area contributed by atoms with Gasteiger partial charge in [0, 0.05) is 12.5 Å². The molecule has 3 nitrogen and oxygen atoms in total. The van der Waals surface area contributed by atoms with Gasteiger partial charge in [-0.3, -0.25) is 4.79 Å². The topological polar surface area (TPSA) is 55.1 Å². The summed E-state index contributed by atoms with van der Waals surface area (Å²) in [6.45, 7) is 6.14. The molecule has 0 saturated heterocycles. The van der Waals surface area contributed by atoms with Crippen molar-refractivity contribution in [3.63, 3.8) is 0 Å². The van der Waals surface area contributed by atoms with Crippen LogP contribution in [-0.2, 0) is 4.79 Å². The maximum Gasteiger partial charge on any atom is 0.222 e. The third-order valence-electron chi connectivity index (χ3n) is 3.14. The Morgan fingerprint density at radius 1 is 1.39 bits per heavy atom. The van der Waals surface area contributed by atoms with Crippen LogP contribution in [0.4, 0.5) is 0 Å². The molecule has 1 aromatic carbocycles. The van der Waals surface area contributed by atoms with Crippen molar-refractivity contribution in [2.75, 3.05) is 0 Å². The van der Waals surface area contributed by atoms with Gasteiger partial charge >= 0.3 is 0 Å². The summed E-state index contributed by atoms with van der Waals surface area (Å²) < 4.78 is 0. The Morgan fingerprint density at radius 2 is 2.06 bits per heavy atom. The molecular weight excluding hydrogens is 224 g/mol. The summed E-state index contributed by atoms with van der Waals surface area (Å²) in [5.41, 5.74) is 8.23. The lowest BCUT2D eigenvalue weighted by atomic mass is 10.0. The van der Waals surface area contributed by atoms with Crippen molar-refractivity contribution in [2.45, 2.75) is 52.1 Å². The zero-order valence-corrected chi connectivity index (χ0v) is 11.6. The van der Waals surface area contributed by atoms with E-state index < -0.39 is 0 Å². The number of hydrogen-bond donors (Lipinski definition) is 2. The lowest BCUT2D eigenvalue weighted by molar-refractivity contribution is -0.122. The van der Waals surface area contributed by atoms with E-state index in [0.29, 0.717) is 6.42 Å². The number of aryl methyl sites for hydroxylation is 1. The van der Waals surface area contributed by atoms with Crippen molar-refractivity contribution in [1.82, 2.24) is 5.32 Å². The molecule has 0 saturated carbocycles. The van der Waals surface area contributed by atoms with Crippen LogP contribution in [0.3, 0.4) is 0 Å². The maximum absolute atomic E-state index is 11.8. The average molecular weight is 248 g/mol. The number of amides is 1. The molecule has 0 aliphatic rings. The molecule has 1 amide bonds. The second-order valence-electron chi connectivity index (χ2n) is 4.90. The molecule has 0 heterocycles. The lowest BCUT2D eigenvalue weighted by Crippen LogP contribution is -2.33. The first-order valence-electron chi connectivity index (χ1n) is 6.65. The predicted octanol–water partition coefficient (Wildman–Crippen LogP) is 2.69. The van der Waals surface area contributed by atoms with Crippen molar-refractivity contribution >= 4 is 5.91 Å². The number of carbonyl (C=O) groups excluding carboxylic acids is 1. The quantitative estimate of drug-likeness (QED) is 0.813. The molecule has 1 unspecified atom stereocenters. The second kappa shape index (κ2) is 7.17. The van der Waals surface area contributed by atoms with Gasteiger partial charge in [0.2, 0.25) is 5.91 Å². The molecule has 3 heteroatoms. The number of nitrogens with one attached hydrogen (secondary N) is 1. The standard InChI is InChI=1S/C15H24N2O/c1-4-7-13(16)10-15(18)17-12(3)14-9-6-5-8-11(14)2/h5-6,8-9,12-13H,4,7,10,16H2,1-3H3,(H,17,18)/t12-,13?/m0/s1. The van der Waals surface area contributed by atoms with Gasteiger partial charge in [-0.2, -0.15) is 0 Å². The van der Waals surface area contributed by atoms with E-state index in [9.17, 15) is 4.79 Å². The molecule has 0 fully saturated rings. The first-order valence-corrected chi connectivity index (χ1v) is 6.65. The van der Waals surface area contributed by atoms with E-state index in [4.69, 9.17) is 5.73 Å². The molecule has 0 aliphatic carbocycles. The Kier molecular flexibility index (Phi) is 5.86. The van der Waals surface area contributed by atoms with Gasteiger partial charge in [-0.05, 0) is 31.4 Å². The highest BCUT2D eigenvalue weighted by molar-refractivity contribution is 5.77. The zero-order valence-electron chi connectivity index (χ0n) is 11.6. The molecule has 100 valence electrons. The molecule has 3 N–H and O–H groups in total. The Hall–Kier alpha value is -1.35. The first kappa shape index (κ1) is 14.7. The summed E-state index contributed by atoms with van der Waals surface area (Å²) in [4.78, 5) is 11.8. The van der Waals surface area contributed by atoms with Crippen LogP contribution >= 0.6 is 0 Å². The van der Waals surface area contributed by atoms with Gasteiger partial charge in [0.1, 0.15) is 0 Å². The molecule has 0 bridgehead atoms. The highest BCUT2D eigenvalue weighted by Crippen LogP contribution is 2.16. The van der Waals surface area contributed by atoms with Crippen molar-refractivity contribution in [3.05, 3.63) is 35.4 Å². The Bertz CT molecular complexity index is 390. The minimum Gasteiger partial charge on any atom is -0.350 e. The normalized spacial score (nSPS) is 14.0. The van der Waals surface area contributed by atoms with Crippen molar-refractivity contribution in [2.24, 2.45) is 5.73 Å². The largest absolute Gasteiger partial charge is 0.350 e. The van der Waals surface area contributed by atoms with E-state index in [1.807, 2.05) is 25.1 Å². The maximum atomic E-state index is 11.8. The number of carbonyl (C=O) groups is 1. The van der Waals surface area contributed by atoms with Gasteiger partial charge in [-0.15, -0.1) is 0 Å². The Balaban J connectivity index is 2.52. The van der Waals surface area contributed by atoms with E-state index in [0.717, 1.165) is 18.4 Å². The van der Waals surface area contributed by atoms with Crippen LogP contribution < -0.4 is 11.1 Å². The minimum absolute atomic E-state index is 0.0286. The van der Waals surface area contributed by atoms with Crippen LogP contribution in [0.25, 0.3) is 0 Å². The molecule has 1 rings (SSSR count). The van der Waals surface area contributed by atoms with Crippen LogP contribution in [0.15, 0.2) is 24.3 Å². The van der Waals surface area contributed by atoms with E-state index in [-0.39, 0.29) is 18.0 Å². The smallest absolute Gasteiger partial charge is 0.222 e. The monoisotopic (exact) mass is 248 g/mol. The molecule has 0 aliphatic heterocycles. The van der Waals surface area contributed by atoms with Gasteiger partial charge in [0.15, 0.2) is 0 Å². The van der Waals surface area contributed by atoms with Crippen LogP contribution in [0.5, 0.6) is 0 Å². The number of rotatable bonds is 6. The van der Waals surface area contributed by atoms with Crippen LogP contribution in [-0.4, -0.2) is 11.9 Å². The van der Waals surface area contributed by atoms with E-state index in [1.54, 1.807) is 0 Å². The average Bonchev–Trinajstić information content (AvgIpc) is 2.29. The van der Waals surface area contributed by atoms with E-state index >= 15 is 0 Å². The highest BCUT2D eigenvalue weighted by Gasteiger charge is 2.13. The van der Waals surface area contributed by atoms with Gasteiger partial charge in [0.25, 0.3) is 0 Å². The van der Waals surface area contributed by atoms with Gasteiger partial charge < -0.3 is 11.1 Å². The Labute approximate surface area is 110 Å². The third-order valence-corrected chi connectivity index (χ3v) is 3.14. The van der Waals surface area contributed by atoms with Crippen molar-refractivity contribution in [3.8, 4) is 0 Å². The number of benzene rings is 1. The first-order chi connectivity index (χ1) is 8.54. The molecular formula is C15H24N2O. The zero-order chi connectivity index (χ0) is 13.5. The lowest BCUT2D eigenvalue weighted by Gasteiger charge is -2.18. The van der Waals surface area contributed by atoms with Crippen LogP contribution in [0.2, 0.25) is 0 Å². The van der Waals surface area contributed by atoms with Crippen LogP contribution in [0.1, 0.15) is 50.3 Å².